The zero-order valence-electron chi connectivity index (χ0n) is 15.5. The van der Waals surface area contributed by atoms with E-state index in [1.807, 2.05) is 56.3 Å². The number of rotatable bonds is 5. The number of nitrogens with zero attached hydrogens (tertiary/aromatic N) is 2. The Kier molecular flexibility index (Phi) is 5.62. The average molecular weight is 381 g/mol. The Balaban J connectivity index is 1.73. The summed E-state index contributed by atoms with van der Waals surface area (Å²) in [5.41, 5.74) is 4.88. The Bertz CT molecular complexity index is 955. The molecule has 1 amide bonds. The summed E-state index contributed by atoms with van der Waals surface area (Å²) in [5, 5.41) is 6.80. The SMILES string of the molecule is Cc1cc(Cl)ccc1NC(=O)c1cncc(Nc2ccc(N(C)C)cc2)c1. The van der Waals surface area contributed by atoms with Crippen LogP contribution in [0.5, 0.6) is 0 Å². The molecule has 0 bridgehead atoms. The van der Waals surface area contributed by atoms with Gasteiger partial charge in [0, 0.05) is 42.4 Å². The molecule has 1 heterocycles. The van der Waals surface area contributed by atoms with Crippen LogP contribution < -0.4 is 15.5 Å². The second kappa shape index (κ2) is 8.10. The zero-order valence-corrected chi connectivity index (χ0v) is 16.2. The van der Waals surface area contributed by atoms with E-state index < -0.39 is 0 Å². The monoisotopic (exact) mass is 380 g/mol. The first kappa shape index (κ1) is 18.7. The first-order valence-electron chi connectivity index (χ1n) is 8.49. The molecular formula is C21H21ClN4O. The molecule has 0 radical (unpaired) electrons. The number of aryl methyl sites for hydroxylation is 1. The summed E-state index contributed by atoms with van der Waals surface area (Å²) in [6.07, 6.45) is 3.23. The molecule has 138 valence electrons. The van der Waals surface area contributed by atoms with Gasteiger partial charge in [0.15, 0.2) is 0 Å². The minimum absolute atomic E-state index is 0.223. The highest BCUT2D eigenvalue weighted by atomic mass is 35.5. The summed E-state index contributed by atoms with van der Waals surface area (Å²) in [5.74, 6) is -0.223. The van der Waals surface area contributed by atoms with Crippen molar-refractivity contribution in [3.05, 3.63) is 77.1 Å². The highest BCUT2D eigenvalue weighted by molar-refractivity contribution is 6.30. The summed E-state index contributed by atoms with van der Waals surface area (Å²) < 4.78 is 0. The molecule has 5 nitrogen and oxygen atoms in total. The molecular weight excluding hydrogens is 360 g/mol. The minimum atomic E-state index is -0.223. The van der Waals surface area contributed by atoms with Gasteiger partial charge in [0.1, 0.15) is 0 Å². The van der Waals surface area contributed by atoms with E-state index in [9.17, 15) is 4.79 Å². The number of pyridine rings is 1. The Morgan fingerprint density at radius 3 is 2.41 bits per heavy atom. The van der Waals surface area contributed by atoms with Gasteiger partial charge in [0.2, 0.25) is 0 Å². The normalized spacial score (nSPS) is 10.4. The van der Waals surface area contributed by atoms with Crippen LogP contribution in [0.1, 0.15) is 15.9 Å². The van der Waals surface area contributed by atoms with Crippen LogP contribution in [0, 0.1) is 6.92 Å². The van der Waals surface area contributed by atoms with Crippen molar-refractivity contribution in [3.8, 4) is 0 Å². The lowest BCUT2D eigenvalue weighted by Crippen LogP contribution is -2.13. The van der Waals surface area contributed by atoms with Gasteiger partial charge in [-0.15, -0.1) is 0 Å². The molecule has 0 aliphatic heterocycles. The number of aromatic nitrogens is 1. The molecule has 2 aromatic carbocycles. The summed E-state index contributed by atoms with van der Waals surface area (Å²) >= 11 is 5.96. The van der Waals surface area contributed by atoms with E-state index in [2.05, 4.69) is 15.6 Å². The van der Waals surface area contributed by atoms with Crippen molar-refractivity contribution < 1.29 is 4.79 Å². The van der Waals surface area contributed by atoms with Gasteiger partial charge in [-0.2, -0.15) is 0 Å². The van der Waals surface area contributed by atoms with Crippen molar-refractivity contribution in [2.24, 2.45) is 0 Å². The molecule has 6 heteroatoms. The summed E-state index contributed by atoms with van der Waals surface area (Å²) in [6, 6.07) is 15.1. The number of nitrogens with one attached hydrogen (secondary N) is 2. The maximum absolute atomic E-state index is 12.6. The zero-order chi connectivity index (χ0) is 19.4. The molecule has 3 rings (SSSR count). The highest BCUT2D eigenvalue weighted by Gasteiger charge is 2.10. The molecule has 27 heavy (non-hydrogen) atoms. The lowest BCUT2D eigenvalue weighted by molar-refractivity contribution is 0.102. The average Bonchev–Trinajstić information content (AvgIpc) is 2.64. The summed E-state index contributed by atoms with van der Waals surface area (Å²) in [4.78, 5) is 18.8. The van der Waals surface area contributed by atoms with Crippen molar-refractivity contribution in [3.63, 3.8) is 0 Å². The second-order valence-corrected chi connectivity index (χ2v) is 6.88. The van der Waals surface area contributed by atoms with Crippen molar-refractivity contribution in [2.75, 3.05) is 29.6 Å². The second-order valence-electron chi connectivity index (χ2n) is 6.44. The topological polar surface area (TPSA) is 57.3 Å². The van der Waals surface area contributed by atoms with Crippen LogP contribution in [0.25, 0.3) is 0 Å². The number of halogens is 1. The predicted octanol–water partition coefficient (Wildman–Crippen LogP) is 5.11. The third-order valence-electron chi connectivity index (χ3n) is 4.11. The van der Waals surface area contributed by atoms with Gasteiger partial charge < -0.3 is 15.5 Å². The van der Waals surface area contributed by atoms with E-state index in [-0.39, 0.29) is 5.91 Å². The van der Waals surface area contributed by atoms with E-state index in [0.717, 1.165) is 28.3 Å². The smallest absolute Gasteiger partial charge is 0.257 e. The van der Waals surface area contributed by atoms with Gasteiger partial charge >= 0.3 is 0 Å². The van der Waals surface area contributed by atoms with Crippen LogP contribution >= 0.6 is 11.6 Å². The fourth-order valence-corrected chi connectivity index (χ4v) is 2.83. The van der Waals surface area contributed by atoms with Crippen LogP contribution in [0.15, 0.2) is 60.9 Å². The molecule has 3 aromatic rings. The highest BCUT2D eigenvalue weighted by Crippen LogP contribution is 2.22. The van der Waals surface area contributed by atoms with Gasteiger partial charge in [-0.1, -0.05) is 11.6 Å². The van der Waals surface area contributed by atoms with Crippen LogP contribution in [0.4, 0.5) is 22.7 Å². The minimum Gasteiger partial charge on any atom is -0.378 e. The number of hydrogen-bond donors (Lipinski definition) is 2. The molecule has 1 aromatic heterocycles. The fraction of sp³-hybridized carbons (Fsp3) is 0.143. The fourth-order valence-electron chi connectivity index (χ4n) is 2.60. The summed E-state index contributed by atoms with van der Waals surface area (Å²) in [6.45, 7) is 1.90. The number of carbonyl (C=O) groups is 1. The van der Waals surface area contributed by atoms with Gasteiger partial charge in [0.25, 0.3) is 5.91 Å². The van der Waals surface area contributed by atoms with Crippen LogP contribution in [0.3, 0.4) is 0 Å². The number of hydrogen-bond acceptors (Lipinski definition) is 4. The van der Waals surface area contributed by atoms with Crippen molar-refractivity contribution in [2.45, 2.75) is 6.92 Å². The first-order valence-corrected chi connectivity index (χ1v) is 8.87. The lowest BCUT2D eigenvalue weighted by atomic mass is 10.2. The number of carbonyl (C=O) groups excluding carboxylic acids is 1. The van der Waals surface area contributed by atoms with Gasteiger partial charge in [-0.05, 0) is 61.0 Å². The Morgan fingerprint density at radius 2 is 1.74 bits per heavy atom. The van der Waals surface area contributed by atoms with Gasteiger partial charge in [-0.3, -0.25) is 9.78 Å². The third kappa shape index (κ3) is 4.77. The molecule has 0 aliphatic rings. The third-order valence-corrected chi connectivity index (χ3v) is 4.34. The van der Waals surface area contributed by atoms with Crippen LogP contribution in [-0.4, -0.2) is 25.0 Å². The molecule has 0 saturated heterocycles. The Labute approximate surface area is 164 Å². The molecule has 0 aliphatic carbocycles. The number of benzene rings is 2. The Hall–Kier alpha value is -3.05. The molecule has 0 unspecified atom stereocenters. The predicted molar refractivity (Wildman–Crippen MR) is 112 cm³/mol. The maximum Gasteiger partial charge on any atom is 0.257 e. The van der Waals surface area contributed by atoms with E-state index in [1.165, 1.54) is 0 Å². The largest absolute Gasteiger partial charge is 0.378 e. The van der Waals surface area contributed by atoms with E-state index in [4.69, 9.17) is 11.6 Å². The molecule has 0 saturated carbocycles. The molecule has 0 fully saturated rings. The molecule has 0 spiro atoms. The molecule has 0 atom stereocenters. The van der Waals surface area contributed by atoms with Crippen molar-refractivity contribution in [1.29, 1.82) is 0 Å². The Morgan fingerprint density at radius 1 is 1.00 bits per heavy atom. The summed E-state index contributed by atoms with van der Waals surface area (Å²) in [7, 11) is 3.99. The van der Waals surface area contributed by atoms with Crippen LogP contribution in [0.2, 0.25) is 5.02 Å². The number of amides is 1. The molecule has 2 N–H and O–H groups in total. The van der Waals surface area contributed by atoms with Gasteiger partial charge in [0.05, 0.1) is 17.4 Å². The van der Waals surface area contributed by atoms with Crippen molar-refractivity contribution in [1.82, 2.24) is 4.98 Å². The van der Waals surface area contributed by atoms with Crippen LogP contribution in [-0.2, 0) is 0 Å². The quantitative estimate of drug-likeness (QED) is 0.646. The van der Waals surface area contributed by atoms with E-state index in [1.54, 1.807) is 30.6 Å². The standard InChI is InChI=1S/C21H21ClN4O/c1-14-10-16(22)4-9-20(14)25-21(27)15-11-18(13-23-12-15)24-17-5-7-19(8-6-17)26(2)3/h4-13,24H,1-3H3,(H,25,27). The lowest BCUT2D eigenvalue weighted by Gasteiger charge is -2.13. The van der Waals surface area contributed by atoms with E-state index >= 15 is 0 Å². The first-order chi connectivity index (χ1) is 12.9. The van der Waals surface area contributed by atoms with Crippen molar-refractivity contribution >= 4 is 40.3 Å². The van der Waals surface area contributed by atoms with Gasteiger partial charge in [-0.25, -0.2) is 0 Å². The number of anilines is 4. The maximum atomic E-state index is 12.6. The van der Waals surface area contributed by atoms with E-state index in [0.29, 0.717) is 10.6 Å².